The first-order valence-corrected chi connectivity index (χ1v) is 11.1. The number of ether oxygens (including phenoxy) is 2. The summed E-state index contributed by atoms with van der Waals surface area (Å²) in [6.07, 6.45) is 0.751. The van der Waals surface area contributed by atoms with Crippen molar-refractivity contribution in [3.8, 4) is 11.5 Å². The lowest BCUT2D eigenvalue weighted by Crippen LogP contribution is -2.61. The molecule has 6 heteroatoms. The Morgan fingerprint density at radius 1 is 1.06 bits per heavy atom. The summed E-state index contributed by atoms with van der Waals surface area (Å²) in [4.78, 5) is 18.0. The van der Waals surface area contributed by atoms with Crippen LogP contribution < -0.4 is 24.6 Å². The number of nitrogens with zero attached hydrogens (tertiary/aromatic N) is 2. The Morgan fingerprint density at radius 3 is 2.45 bits per heavy atom. The minimum absolute atomic E-state index is 0.0827. The second kappa shape index (κ2) is 9.08. The van der Waals surface area contributed by atoms with E-state index in [1.165, 1.54) is 16.9 Å². The number of piperazine rings is 1. The van der Waals surface area contributed by atoms with Crippen molar-refractivity contribution in [2.24, 2.45) is 11.8 Å². The fourth-order valence-corrected chi connectivity index (χ4v) is 4.67. The van der Waals surface area contributed by atoms with Gasteiger partial charge in [0.05, 0.1) is 26.2 Å². The van der Waals surface area contributed by atoms with Crippen molar-refractivity contribution in [2.75, 3.05) is 50.2 Å². The van der Waals surface area contributed by atoms with Crippen molar-refractivity contribution in [1.29, 1.82) is 0 Å². The van der Waals surface area contributed by atoms with Crippen LogP contribution in [-0.2, 0) is 11.2 Å². The smallest absolute Gasteiger partial charge is 0.225 e. The van der Waals surface area contributed by atoms with E-state index in [1.54, 1.807) is 14.2 Å². The zero-order valence-corrected chi connectivity index (χ0v) is 18.9. The predicted octanol–water partition coefficient (Wildman–Crippen LogP) is 3.34. The summed E-state index contributed by atoms with van der Waals surface area (Å²) in [6.45, 7) is 7.54. The lowest BCUT2D eigenvalue weighted by Gasteiger charge is -2.49. The molecular formula is C25H33N3O3. The zero-order valence-electron chi connectivity index (χ0n) is 18.9. The molecule has 2 aromatic carbocycles. The maximum atomic E-state index is 13.2. The summed E-state index contributed by atoms with van der Waals surface area (Å²) >= 11 is 0. The third kappa shape index (κ3) is 4.43. The fourth-order valence-electron chi connectivity index (χ4n) is 4.67. The highest BCUT2D eigenvalue weighted by Gasteiger charge is 2.41. The van der Waals surface area contributed by atoms with E-state index in [0.29, 0.717) is 12.5 Å². The van der Waals surface area contributed by atoms with E-state index in [9.17, 15) is 4.79 Å². The maximum Gasteiger partial charge on any atom is 0.225 e. The van der Waals surface area contributed by atoms with Gasteiger partial charge in [0.25, 0.3) is 0 Å². The van der Waals surface area contributed by atoms with Crippen molar-refractivity contribution < 1.29 is 14.3 Å². The number of amides is 1. The summed E-state index contributed by atoms with van der Waals surface area (Å²) in [5, 5.41) is 3.18. The van der Waals surface area contributed by atoms with Crippen LogP contribution in [0.4, 0.5) is 11.4 Å². The number of fused-ring (bicyclic) bond motifs is 3. The molecule has 1 fully saturated rings. The number of methoxy groups -OCH3 is 2. The average molecular weight is 424 g/mol. The van der Waals surface area contributed by atoms with Crippen LogP contribution in [0.5, 0.6) is 11.5 Å². The molecule has 31 heavy (non-hydrogen) atoms. The summed E-state index contributed by atoms with van der Waals surface area (Å²) in [7, 11) is 3.38. The molecule has 1 N–H and O–H groups in total. The van der Waals surface area contributed by atoms with E-state index in [4.69, 9.17) is 9.47 Å². The zero-order chi connectivity index (χ0) is 22.0. The first kappa shape index (κ1) is 21.3. The largest absolute Gasteiger partial charge is 0.497 e. The molecule has 2 unspecified atom stereocenters. The number of anilines is 2. The number of carbonyl (C=O) groups is 1. The molecule has 2 aliphatic heterocycles. The highest BCUT2D eigenvalue weighted by molar-refractivity contribution is 5.82. The van der Waals surface area contributed by atoms with Crippen LogP contribution in [0.2, 0.25) is 0 Å². The summed E-state index contributed by atoms with van der Waals surface area (Å²) in [5.41, 5.74) is 3.59. The molecule has 2 heterocycles. The Hall–Kier alpha value is -2.89. The van der Waals surface area contributed by atoms with E-state index in [0.717, 1.165) is 37.6 Å². The number of hydrogen-bond acceptors (Lipinski definition) is 5. The van der Waals surface area contributed by atoms with Gasteiger partial charge < -0.3 is 24.6 Å². The van der Waals surface area contributed by atoms with Gasteiger partial charge in [-0.3, -0.25) is 4.79 Å². The molecule has 166 valence electrons. The van der Waals surface area contributed by atoms with E-state index in [-0.39, 0.29) is 17.9 Å². The Bertz CT molecular complexity index is 913. The third-order valence-corrected chi connectivity index (χ3v) is 6.38. The van der Waals surface area contributed by atoms with E-state index in [1.807, 2.05) is 18.2 Å². The lowest BCUT2D eigenvalue weighted by atomic mass is 9.83. The second-order valence-corrected chi connectivity index (χ2v) is 8.85. The molecule has 0 aliphatic carbocycles. The number of carbonyl (C=O) groups excluding carboxylic acids is 1. The van der Waals surface area contributed by atoms with Gasteiger partial charge in [-0.05, 0) is 48.2 Å². The lowest BCUT2D eigenvalue weighted by molar-refractivity contribution is -0.126. The standard InChI is InChI=1S/C25H33N3O3/c1-17(2)15-26-25(29)22-13-18-5-8-21(31-4)14-23(18)28-12-11-27(16-24(22)28)19-6-9-20(30-3)10-7-19/h5-10,14,17,22,24H,11-13,15-16H2,1-4H3,(H,26,29). The molecule has 1 saturated heterocycles. The Kier molecular flexibility index (Phi) is 6.25. The Labute approximate surface area is 185 Å². The quantitative estimate of drug-likeness (QED) is 0.772. The van der Waals surface area contributed by atoms with Crippen LogP contribution in [0.1, 0.15) is 19.4 Å². The molecule has 6 nitrogen and oxygen atoms in total. The van der Waals surface area contributed by atoms with Gasteiger partial charge in [-0.15, -0.1) is 0 Å². The molecule has 4 rings (SSSR count). The van der Waals surface area contributed by atoms with Crippen LogP contribution in [-0.4, -0.2) is 52.3 Å². The first-order valence-electron chi connectivity index (χ1n) is 11.1. The summed E-state index contributed by atoms with van der Waals surface area (Å²) in [5.74, 6) is 2.22. The highest BCUT2D eigenvalue weighted by atomic mass is 16.5. The predicted molar refractivity (Wildman–Crippen MR) is 124 cm³/mol. The molecule has 0 aromatic heterocycles. The van der Waals surface area contributed by atoms with Crippen molar-refractivity contribution in [3.63, 3.8) is 0 Å². The van der Waals surface area contributed by atoms with Crippen molar-refractivity contribution in [1.82, 2.24) is 5.32 Å². The molecule has 2 atom stereocenters. The van der Waals surface area contributed by atoms with Crippen LogP contribution >= 0.6 is 0 Å². The first-order chi connectivity index (χ1) is 15.0. The maximum absolute atomic E-state index is 13.2. The van der Waals surface area contributed by atoms with Crippen LogP contribution in [0.3, 0.4) is 0 Å². The van der Waals surface area contributed by atoms with Gasteiger partial charge in [-0.25, -0.2) is 0 Å². The molecule has 0 saturated carbocycles. The van der Waals surface area contributed by atoms with Gasteiger partial charge in [0.2, 0.25) is 5.91 Å². The fraction of sp³-hybridized carbons (Fsp3) is 0.480. The molecule has 2 aliphatic rings. The summed E-state index contributed by atoms with van der Waals surface area (Å²) < 4.78 is 10.8. The third-order valence-electron chi connectivity index (χ3n) is 6.38. The van der Waals surface area contributed by atoms with E-state index in [2.05, 4.69) is 53.2 Å². The summed E-state index contributed by atoms with van der Waals surface area (Å²) in [6, 6.07) is 14.5. The Balaban J connectivity index is 1.62. The van der Waals surface area contributed by atoms with Crippen molar-refractivity contribution in [2.45, 2.75) is 26.3 Å². The van der Waals surface area contributed by atoms with Gasteiger partial charge in [0.15, 0.2) is 0 Å². The molecule has 0 bridgehead atoms. The monoisotopic (exact) mass is 423 g/mol. The van der Waals surface area contributed by atoms with Gasteiger partial charge in [0.1, 0.15) is 11.5 Å². The van der Waals surface area contributed by atoms with Crippen molar-refractivity contribution >= 4 is 17.3 Å². The van der Waals surface area contributed by atoms with Gasteiger partial charge in [0, 0.05) is 43.6 Å². The minimum atomic E-state index is -0.0827. The average Bonchev–Trinajstić information content (AvgIpc) is 2.81. The normalized spacial score (nSPS) is 20.2. The number of nitrogens with one attached hydrogen (secondary N) is 1. The Morgan fingerprint density at radius 2 is 1.77 bits per heavy atom. The highest BCUT2D eigenvalue weighted by Crippen LogP contribution is 2.39. The van der Waals surface area contributed by atoms with Gasteiger partial charge in [-0.2, -0.15) is 0 Å². The van der Waals surface area contributed by atoms with Crippen LogP contribution in [0.15, 0.2) is 42.5 Å². The minimum Gasteiger partial charge on any atom is -0.497 e. The number of rotatable bonds is 6. The molecular weight excluding hydrogens is 390 g/mol. The molecule has 0 spiro atoms. The second-order valence-electron chi connectivity index (χ2n) is 8.85. The molecule has 0 radical (unpaired) electrons. The van der Waals surface area contributed by atoms with Crippen LogP contribution in [0, 0.1) is 11.8 Å². The molecule has 1 amide bonds. The number of hydrogen-bond donors (Lipinski definition) is 1. The molecule has 2 aromatic rings. The number of benzene rings is 2. The van der Waals surface area contributed by atoms with Crippen LogP contribution in [0.25, 0.3) is 0 Å². The topological polar surface area (TPSA) is 54.0 Å². The van der Waals surface area contributed by atoms with E-state index >= 15 is 0 Å². The van der Waals surface area contributed by atoms with Crippen molar-refractivity contribution in [3.05, 3.63) is 48.0 Å². The SMILES string of the molecule is COc1ccc(N2CCN3c4cc(OC)ccc4CC(C(=O)NCC(C)C)C3C2)cc1. The van der Waals surface area contributed by atoms with E-state index < -0.39 is 0 Å². The van der Waals surface area contributed by atoms with Gasteiger partial charge in [-0.1, -0.05) is 19.9 Å². The van der Waals surface area contributed by atoms with Gasteiger partial charge >= 0.3 is 0 Å².